The summed E-state index contributed by atoms with van der Waals surface area (Å²) < 4.78 is 0. The molecule has 3 rings (SSSR count). The SMILES string of the molecule is O=C(O)c1c(Cl)cc2c(c1Cl)CCN(Cc1ccccc1)C2. The molecule has 3 nitrogen and oxygen atoms in total. The molecule has 1 heterocycles. The molecule has 0 radical (unpaired) electrons. The molecule has 0 unspecified atom stereocenters. The second-order valence-corrected chi connectivity index (χ2v) is 6.22. The van der Waals surface area contributed by atoms with Crippen molar-refractivity contribution in [2.24, 2.45) is 0 Å². The van der Waals surface area contributed by atoms with Crippen LogP contribution in [0.15, 0.2) is 36.4 Å². The van der Waals surface area contributed by atoms with Crippen LogP contribution in [0, 0.1) is 0 Å². The molecule has 22 heavy (non-hydrogen) atoms. The van der Waals surface area contributed by atoms with Gasteiger partial charge in [0.05, 0.1) is 15.6 Å². The lowest BCUT2D eigenvalue weighted by Crippen LogP contribution is -2.30. The van der Waals surface area contributed by atoms with Gasteiger partial charge in [-0.3, -0.25) is 4.90 Å². The zero-order valence-corrected chi connectivity index (χ0v) is 13.4. The van der Waals surface area contributed by atoms with Gasteiger partial charge in [-0.25, -0.2) is 4.79 Å². The molecule has 5 heteroatoms. The number of carbonyl (C=O) groups is 1. The van der Waals surface area contributed by atoms with Crippen molar-refractivity contribution in [3.8, 4) is 0 Å². The monoisotopic (exact) mass is 335 g/mol. The van der Waals surface area contributed by atoms with Crippen LogP contribution in [0.3, 0.4) is 0 Å². The minimum Gasteiger partial charge on any atom is -0.478 e. The molecule has 0 fully saturated rings. The van der Waals surface area contributed by atoms with Gasteiger partial charge in [-0.2, -0.15) is 0 Å². The second kappa shape index (κ2) is 6.29. The zero-order chi connectivity index (χ0) is 15.7. The van der Waals surface area contributed by atoms with Gasteiger partial charge in [-0.1, -0.05) is 53.5 Å². The van der Waals surface area contributed by atoms with Gasteiger partial charge < -0.3 is 5.11 Å². The Balaban J connectivity index is 1.86. The Labute approximate surface area is 139 Å². The van der Waals surface area contributed by atoms with Gasteiger partial charge in [-0.15, -0.1) is 0 Å². The normalized spacial score (nSPS) is 14.6. The van der Waals surface area contributed by atoms with E-state index in [1.54, 1.807) is 6.07 Å². The topological polar surface area (TPSA) is 40.5 Å². The summed E-state index contributed by atoms with van der Waals surface area (Å²) in [6, 6.07) is 12.0. The molecule has 2 aromatic carbocycles. The fourth-order valence-corrected chi connectivity index (χ4v) is 3.64. The van der Waals surface area contributed by atoms with Gasteiger partial charge in [0.1, 0.15) is 0 Å². The standard InChI is InChI=1S/C17H15Cl2NO2/c18-14-8-12-10-20(9-11-4-2-1-3-5-11)7-6-13(12)16(19)15(14)17(21)22/h1-5,8H,6-7,9-10H2,(H,21,22). The molecular weight excluding hydrogens is 321 g/mol. The van der Waals surface area contributed by atoms with Crippen molar-refractivity contribution in [2.45, 2.75) is 19.5 Å². The number of carboxylic acid groups (broad SMARTS) is 1. The number of rotatable bonds is 3. The van der Waals surface area contributed by atoms with E-state index in [2.05, 4.69) is 17.0 Å². The average molecular weight is 336 g/mol. The fourth-order valence-electron chi connectivity index (χ4n) is 2.88. The quantitative estimate of drug-likeness (QED) is 0.911. The van der Waals surface area contributed by atoms with Crippen LogP contribution in [-0.2, 0) is 19.5 Å². The van der Waals surface area contributed by atoms with Gasteiger partial charge >= 0.3 is 5.97 Å². The summed E-state index contributed by atoms with van der Waals surface area (Å²) in [5, 5.41) is 9.71. The van der Waals surface area contributed by atoms with E-state index < -0.39 is 5.97 Å². The molecule has 0 amide bonds. The Hall–Kier alpha value is -1.55. The van der Waals surface area contributed by atoms with E-state index in [1.165, 1.54) is 5.56 Å². The Morgan fingerprint density at radius 1 is 1.23 bits per heavy atom. The molecule has 1 aliphatic heterocycles. The van der Waals surface area contributed by atoms with Gasteiger partial charge in [0, 0.05) is 19.6 Å². The Kier molecular flexibility index (Phi) is 4.39. The summed E-state index contributed by atoms with van der Waals surface area (Å²) in [4.78, 5) is 13.6. The Bertz CT molecular complexity index is 716. The van der Waals surface area contributed by atoms with Crippen LogP contribution < -0.4 is 0 Å². The summed E-state index contributed by atoms with van der Waals surface area (Å²) in [7, 11) is 0. The molecule has 0 saturated carbocycles. The van der Waals surface area contributed by atoms with Gasteiger partial charge in [0.2, 0.25) is 0 Å². The van der Waals surface area contributed by atoms with Crippen LogP contribution in [0.1, 0.15) is 27.0 Å². The highest BCUT2D eigenvalue weighted by molar-refractivity contribution is 6.39. The lowest BCUT2D eigenvalue weighted by Gasteiger charge is -2.30. The third-order valence-corrected chi connectivity index (χ3v) is 4.66. The predicted octanol–water partition coefficient (Wildman–Crippen LogP) is 4.25. The fraction of sp³-hybridized carbons (Fsp3) is 0.235. The zero-order valence-electron chi connectivity index (χ0n) is 11.9. The number of carboxylic acids is 1. The molecule has 1 N–H and O–H groups in total. The van der Waals surface area contributed by atoms with Crippen LogP contribution in [0.5, 0.6) is 0 Å². The molecule has 0 saturated heterocycles. The van der Waals surface area contributed by atoms with Gasteiger partial charge in [0.25, 0.3) is 0 Å². The molecule has 0 bridgehead atoms. The number of halogens is 2. The maximum absolute atomic E-state index is 11.3. The van der Waals surface area contributed by atoms with E-state index in [9.17, 15) is 9.90 Å². The van der Waals surface area contributed by atoms with Crippen molar-refractivity contribution >= 4 is 29.2 Å². The summed E-state index contributed by atoms with van der Waals surface area (Å²) in [6.45, 7) is 2.43. The predicted molar refractivity (Wildman–Crippen MR) is 87.7 cm³/mol. The van der Waals surface area contributed by atoms with E-state index in [1.807, 2.05) is 18.2 Å². The van der Waals surface area contributed by atoms with E-state index in [0.29, 0.717) is 0 Å². The van der Waals surface area contributed by atoms with Crippen molar-refractivity contribution in [1.29, 1.82) is 0 Å². The maximum atomic E-state index is 11.3. The molecule has 0 aliphatic carbocycles. The summed E-state index contributed by atoms with van der Waals surface area (Å²) in [5.41, 5.74) is 3.19. The van der Waals surface area contributed by atoms with E-state index in [-0.39, 0.29) is 15.6 Å². The number of fused-ring (bicyclic) bond motifs is 1. The average Bonchev–Trinajstić information content (AvgIpc) is 2.47. The van der Waals surface area contributed by atoms with E-state index in [0.717, 1.165) is 37.2 Å². The lowest BCUT2D eigenvalue weighted by molar-refractivity contribution is 0.0697. The summed E-state index contributed by atoms with van der Waals surface area (Å²) in [5.74, 6) is -1.08. The van der Waals surface area contributed by atoms with Crippen LogP contribution in [0.25, 0.3) is 0 Å². The third-order valence-electron chi connectivity index (χ3n) is 3.95. The van der Waals surface area contributed by atoms with Crippen LogP contribution in [0.2, 0.25) is 10.0 Å². The minimum atomic E-state index is -1.08. The molecule has 114 valence electrons. The first-order valence-corrected chi connectivity index (χ1v) is 7.81. The smallest absolute Gasteiger partial charge is 0.338 e. The number of aromatic carboxylic acids is 1. The lowest BCUT2D eigenvalue weighted by atomic mass is 9.96. The van der Waals surface area contributed by atoms with Crippen LogP contribution in [-0.4, -0.2) is 22.5 Å². The minimum absolute atomic E-state index is 0.0126. The van der Waals surface area contributed by atoms with Crippen LogP contribution >= 0.6 is 23.2 Å². The largest absolute Gasteiger partial charge is 0.478 e. The van der Waals surface area contributed by atoms with Gasteiger partial charge in [0.15, 0.2) is 0 Å². The maximum Gasteiger partial charge on any atom is 0.338 e. The third kappa shape index (κ3) is 2.98. The Morgan fingerprint density at radius 3 is 2.64 bits per heavy atom. The molecular formula is C17H15Cl2NO2. The van der Waals surface area contributed by atoms with Crippen molar-refractivity contribution in [1.82, 2.24) is 4.90 Å². The highest BCUT2D eigenvalue weighted by Crippen LogP contribution is 2.34. The number of nitrogens with zero attached hydrogens (tertiary/aromatic N) is 1. The number of hydrogen-bond donors (Lipinski definition) is 1. The van der Waals surface area contributed by atoms with Crippen molar-refractivity contribution < 1.29 is 9.90 Å². The molecule has 0 spiro atoms. The Morgan fingerprint density at radius 2 is 1.95 bits per heavy atom. The number of hydrogen-bond acceptors (Lipinski definition) is 2. The molecule has 1 aliphatic rings. The highest BCUT2D eigenvalue weighted by Gasteiger charge is 2.24. The van der Waals surface area contributed by atoms with Crippen molar-refractivity contribution in [2.75, 3.05) is 6.54 Å². The highest BCUT2D eigenvalue weighted by atomic mass is 35.5. The van der Waals surface area contributed by atoms with Crippen LogP contribution in [0.4, 0.5) is 0 Å². The van der Waals surface area contributed by atoms with E-state index >= 15 is 0 Å². The first-order chi connectivity index (χ1) is 10.6. The second-order valence-electron chi connectivity index (χ2n) is 5.44. The van der Waals surface area contributed by atoms with Gasteiger partial charge in [-0.05, 0) is 29.2 Å². The first-order valence-electron chi connectivity index (χ1n) is 7.05. The first kappa shape index (κ1) is 15.3. The molecule has 0 atom stereocenters. The van der Waals surface area contributed by atoms with Crippen molar-refractivity contribution in [3.63, 3.8) is 0 Å². The van der Waals surface area contributed by atoms with Crippen molar-refractivity contribution in [3.05, 3.63) is 68.7 Å². The molecule has 2 aromatic rings. The molecule has 0 aromatic heterocycles. The summed E-state index contributed by atoms with van der Waals surface area (Å²) >= 11 is 12.3. The summed E-state index contributed by atoms with van der Waals surface area (Å²) in [6.07, 6.45) is 0.735. The van der Waals surface area contributed by atoms with E-state index in [4.69, 9.17) is 23.2 Å². The number of benzene rings is 2.